The van der Waals surface area contributed by atoms with Crippen molar-refractivity contribution in [2.24, 2.45) is 0 Å². The zero-order valence-electron chi connectivity index (χ0n) is 10.5. The first-order valence-corrected chi connectivity index (χ1v) is 6.71. The van der Waals surface area contributed by atoms with E-state index in [-0.39, 0.29) is 17.7 Å². The Kier molecular flexibility index (Phi) is 4.38. The van der Waals surface area contributed by atoms with Crippen molar-refractivity contribution in [2.45, 2.75) is 6.54 Å². The first kappa shape index (κ1) is 14.5. The molecule has 2 aromatic rings. The monoisotopic (exact) mass is 386 g/mol. The van der Waals surface area contributed by atoms with Gasteiger partial charge in [-0.3, -0.25) is 9.36 Å². The Labute approximate surface area is 128 Å². The summed E-state index contributed by atoms with van der Waals surface area (Å²) >= 11 is 1.91. The number of nitrogens with zero attached hydrogens (tertiary/aromatic N) is 2. The molecular weight excluding hydrogens is 375 g/mol. The summed E-state index contributed by atoms with van der Waals surface area (Å²) in [5, 5.41) is 9.01. The number of methoxy groups -OCH3 is 1. The normalized spacial score (nSPS) is 10.3. The van der Waals surface area contributed by atoms with Crippen LogP contribution in [0.2, 0.25) is 0 Å². The molecule has 1 N–H and O–H groups in total. The smallest absolute Gasteiger partial charge is 0.335 e. The molecule has 0 aliphatic carbocycles. The van der Waals surface area contributed by atoms with Crippen LogP contribution in [0.5, 0.6) is 5.75 Å². The molecule has 0 spiro atoms. The van der Waals surface area contributed by atoms with E-state index in [1.54, 1.807) is 6.07 Å². The maximum absolute atomic E-state index is 11.9. The van der Waals surface area contributed by atoms with Crippen LogP contribution >= 0.6 is 22.6 Å². The van der Waals surface area contributed by atoms with Gasteiger partial charge in [-0.1, -0.05) is 0 Å². The molecule has 1 aromatic carbocycles. The van der Waals surface area contributed by atoms with Crippen LogP contribution in [0.1, 0.15) is 15.9 Å². The van der Waals surface area contributed by atoms with Crippen LogP contribution in [0.25, 0.3) is 0 Å². The van der Waals surface area contributed by atoms with Gasteiger partial charge in [-0.2, -0.15) is 0 Å². The number of halogens is 1. The highest BCUT2D eigenvalue weighted by Gasteiger charge is 2.11. The van der Waals surface area contributed by atoms with E-state index in [1.165, 1.54) is 36.3 Å². The standard InChI is InChI=1S/C13H11IN2O4/c1-20-11-3-2-8(13(18)19)4-9(11)6-16-7-15-5-10(14)12(16)17/h2-5,7H,6H2,1H3,(H,18,19). The highest BCUT2D eigenvalue weighted by atomic mass is 127. The first-order valence-electron chi connectivity index (χ1n) is 5.63. The maximum atomic E-state index is 11.9. The highest BCUT2D eigenvalue weighted by Crippen LogP contribution is 2.20. The van der Waals surface area contributed by atoms with Crippen LogP contribution in [0.3, 0.4) is 0 Å². The number of rotatable bonds is 4. The molecular formula is C13H11IN2O4. The number of benzene rings is 1. The van der Waals surface area contributed by atoms with Gasteiger partial charge in [-0.25, -0.2) is 9.78 Å². The summed E-state index contributed by atoms with van der Waals surface area (Å²) in [6, 6.07) is 4.53. The predicted octanol–water partition coefficient (Wildman–Crippen LogP) is 1.60. The van der Waals surface area contributed by atoms with Gasteiger partial charge in [0.25, 0.3) is 5.56 Å². The second kappa shape index (κ2) is 6.04. The molecule has 0 bridgehead atoms. The van der Waals surface area contributed by atoms with Crippen LogP contribution in [-0.2, 0) is 6.54 Å². The third-order valence-corrected chi connectivity index (χ3v) is 3.47. The zero-order valence-corrected chi connectivity index (χ0v) is 12.7. The molecule has 20 heavy (non-hydrogen) atoms. The molecule has 0 saturated carbocycles. The number of hydrogen-bond donors (Lipinski definition) is 1. The van der Waals surface area contributed by atoms with Crippen LogP contribution in [-0.4, -0.2) is 27.7 Å². The lowest BCUT2D eigenvalue weighted by Crippen LogP contribution is -2.23. The Bertz CT molecular complexity index is 712. The molecule has 0 fully saturated rings. The van der Waals surface area contributed by atoms with Crippen molar-refractivity contribution in [2.75, 3.05) is 7.11 Å². The molecule has 0 atom stereocenters. The van der Waals surface area contributed by atoms with Gasteiger partial charge in [0.05, 0.1) is 29.1 Å². The Balaban J connectivity index is 2.46. The molecule has 0 saturated heterocycles. The third kappa shape index (κ3) is 2.98. The highest BCUT2D eigenvalue weighted by molar-refractivity contribution is 14.1. The minimum absolute atomic E-state index is 0.146. The van der Waals surface area contributed by atoms with Gasteiger partial charge in [0, 0.05) is 11.8 Å². The number of carboxylic acids is 1. The number of aromatic nitrogens is 2. The predicted molar refractivity (Wildman–Crippen MR) is 80.3 cm³/mol. The van der Waals surface area contributed by atoms with Crippen molar-refractivity contribution in [1.29, 1.82) is 0 Å². The zero-order chi connectivity index (χ0) is 14.7. The fraction of sp³-hybridized carbons (Fsp3) is 0.154. The molecule has 0 amide bonds. The molecule has 0 aliphatic rings. The molecule has 1 heterocycles. The maximum Gasteiger partial charge on any atom is 0.335 e. The number of carbonyl (C=O) groups is 1. The van der Waals surface area contributed by atoms with Gasteiger partial charge in [-0.15, -0.1) is 0 Å². The summed E-state index contributed by atoms with van der Waals surface area (Å²) < 4.78 is 7.10. The first-order chi connectivity index (χ1) is 9.52. The minimum Gasteiger partial charge on any atom is -0.496 e. The van der Waals surface area contributed by atoms with E-state index in [0.717, 1.165) is 0 Å². The molecule has 2 rings (SSSR count). The molecule has 0 unspecified atom stereocenters. The van der Waals surface area contributed by atoms with Gasteiger partial charge in [0.2, 0.25) is 0 Å². The van der Waals surface area contributed by atoms with E-state index in [2.05, 4.69) is 4.98 Å². The van der Waals surface area contributed by atoms with Gasteiger partial charge in [0.15, 0.2) is 0 Å². The van der Waals surface area contributed by atoms with E-state index in [1.807, 2.05) is 22.6 Å². The molecule has 0 aliphatic heterocycles. The van der Waals surface area contributed by atoms with E-state index in [4.69, 9.17) is 9.84 Å². The number of carboxylic acid groups (broad SMARTS) is 1. The molecule has 0 radical (unpaired) electrons. The lowest BCUT2D eigenvalue weighted by atomic mass is 10.1. The van der Waals surface area contributed by atoms with Crippen molar-refractivity contribution in [3.05, 3.63) is 55.8 Å². The van der Waals surface area contributed by atoms with E-state index in [9.17, 15) is 9.59 Å². The van der Waals surface area contributed by atoms with Crippen molar-refractivity contribution < 1.29 is 14.6 Å². The molecule has 104 valence electrons. The van der Waals surface area contributed by atoms with Crippen molar-refractivity contribution in [1.82, 2.24) is 9.55 Å². The van der Waals surface area contributed by atoms with Crippen molar-refractivity contribution in [3.8, 4) is 5.75 Å². The number of ether oxygens (including phenoxy) is 1. The second-order valence-corrected chi connectivity index (χ2v) is 5.17. The van der Waals surface area contributed by atoms with Crippen LogP contribution in [0.4, 0.5) is 0 Å². The van der Waals surface area contributed by atoms with Crippen LogP contribution in [0, 0.1) is 3.57 Å². The minimum atomic E-state index is -1.03. The summed E-state index contributed by atoms with van der Waals surface area (Å²) in [6.07, 6.45) is 2.89. The summed E-state index contributed by atoms with van der Waals surface area (Å²) in [6.45, 7) is 0.201. The Morgan fingerprint density at radius 3 is 2.90 bits per heavy atom. The van der Waals surface area contributed by atoms with E-state index in [0.29, 0.717) is 14.9 Å². The molecule has 6 nitrogen and oxygen atoms in total. The molecule has 1 aromatic heterocycles. The summed E-state index contributed by atoms with van der Waals surface area (Å²) in [7, 11) is 1.50. The van der Waals surface area contributed by atoms with Gasteiger partial charge in [-0.05, 0) is 40.8 Å². The fourth-order valence-electron chi connectivity index (χ4n) is 1.76. The summed E-state index contributed by atoms with van der Waals surface area (Å²) in [5.74, 6) is -0.497. The Morgan fingerprint density at radius 1 is 1.50 bits per heavy atom. The van der Waals surface area contributed by atoms with E-state index >= 15 is 0 Å². The summed E-state index contributed by atoms with van der Waals surface area (Å²) in [4.78, 5) is 26.9. The van der Waals surface area contributed by atoms with Crippen LogP contribution < -0.4 is 10.3 Å². The fourth-order valence-corrected chi connectivity index (χ4v) is 2.23. The SMILES string of the molecule is COc1ccc(C(=O)O)cc1Cn1cncc(I)c1=O. The van der Waals surface area contributed by atoms with Crippen molar-refractivity contribution in [3.63, 3.8) is 0 Å². The van der Waals surface area contributed by atoms with Gasteiger partial charge >= 0.3 is 5.97 Å². The quantitative estimate of drug-likeness (QED) is 0.808. The number of hydrogen-bond acceptors (Lipinski definition) is 4. The lowest BCUT2D eigenvalue weighted by molar-refractivity contribution is 0.0696. The topological polar surface area (TPSA) is 81.4 Å². The second-order valence-electron chi connectivity index (χ2n) is 4.01. The Hall–Kier alpha value is -1.90. The van der Waals surface area contributed by atoms with Crippen LogP contribution in [0.15, 0.2) is 35.5 Å². The van der Waals surface area contributed by atoms with Crippen molar-refractivity contribution >= 4 is 28.6 Å². The van der Waals surface area contributed by atoms with E-state index < -0.39 is 5.97 Å². The number of aromatic carboxylic acids is 1. The third-order valence-electron chi connectivity index (χ3n) is 2.73. The molecule has 7 heteroatoms. The Morgan fingerprint density at radius 2 is 2.25 bits per heavy atom. The van der Waals surface area contributed by atoms with Gasteiger partial charge < -0.3 is 9.84 Å². The average Bonchev–Trinajstić information content (AvgIpc) is 2.43. The lowest BCUT2D eigenvalue weighted by Gasteiger charge is -2.11. The largest absolute Gasteiger partial charge is 0.496 e. The average molecular weight is 386 g/mol. The summed E-state index contributed by atoms with van der Waals surface area (Å²) in [5.41, 5.74) is 0.578. The van der Waals surface area contributed by atoms with Gasteiger partial charge in [0.1, 0.15) is 5.75 Å².